The van der Waals surface area contributed by atoms with Crippen LogP contribution in [0, 0.1) is 0 Å². The highest BCUT2D eigenvalue weighted by Gasteiger charge is 2.08. The van der Waals surface area contributed by atoms with Crippen molar-refractivity contribution in [2.45, 2.75) is 52.5 Å². The second kappa shape index (κ2) is 9.00. The minimum Gasteiger partial charge on any atom is -0.465 e. The van der Waals surface area contributed by atoms with Crippen LogP contribution in [-0.4, -0.2) is 25.2 Å². The van der Waals surface area contributed by atoms with E-state index in [-0.39, 0.29) is 5.97 Å². The maximum absolute atomic E-state index is 11.1. The van der Waals surface area contributed by atoms with E-state index >= 15 is 0 Å². The Balaban J connectivity index is 3.63. The molecule has 84 valence electrons. The van der Waals surface area contributed by atoms with Crippen LogP contribution in [0.4, 0.5) is 0 Å². The predicted octanol–water partition coefficient (Wildman–Crippen LogP) is 2.11. The summed E-state index contributed by atoms with van der Waals surface area (Å²) in [6, 6.07) is 0.467. The van der Waals surface area contributed by atoms with Crippen molar-refractivity contribution in [1.29, 1.82) is 0 Å². The summed E-state index contributed by atoms with van der Waals surface area (Å²) in [7, 11) is 0. The largest absolute Gasteiger partial charge is 0.465 e. The van der Waals surface area contributed by atoms with Gasteiger partial charge in [0.2, 0.25) is 0 Å². The average Bonchev–Trinajstić information content (AvgIpc) is 2.15. The molecule has 0 radical (unpaired) electrons. The molecule has 0 amide bonds. The van der Waals surface area contributed by atoms with Gasteiger partial charge in [-0.15, -0.1) is 0 Å². The van der Waals surface area contributed by atoms with E-state index in [0.29, 0.717) is 19.2 Å². The molecule has 1 N–H and O–H groups in total. The van der Waals surface area contributed by atoms with E-state index in [2.05, 4.69) is 19.2 Å². The predicted molar refractivity (Wildman–Crippen MR) is 58.2 cm³/mol. The zero-order valence-corrected chi connectivity index (χ0v) is 9.64. The first-order valence-electron chi connectivity index (χ1n) is 5.63. The minimum atomic E-state index is -0.148. The molecule has 0 aromatic heterocycles. The van der Waals surface area contributed by atoms with Gasteiger partial charge in [0.05, 0.1) is 13.2 Å². The van der Waals surface area contributed by atoms with Gasteiger partial charge in [0.1, 0.15) is 0 Å². The Labute approximate surface area is 87.2 Å². The summed E-state index contributed by atoms with van der Waals surface area (Å²) in [5, 5.41) is 3.23. The molecule has 0 saturated carbocycles. The number of esters is 1. The molecule has 0 aliphatic carbocycles. The van der Waals surface area contributed by atoms with Gasteiger partial charge in [-0.2, -0.15) is 0 Å². The molecule has 0 rings (SSSR count). The second-order valence-corrected chi connectivity index (χ2v) is 3.46. The first kappa shape index (κ1) is 13.4. The molecule has 0 fully saturated rings. The lowest BCUT2D eigenvalue weighted by Crippen LogP contribution is -2.34. The fraction of sp³-hybridized carbons (Fsp3) is 0.909. The number of carbonyl (C=O) groups is 1. The van der Waals surface area contributed by atoms with Crippen molar-refractivity contribution in [3.63, 3.8) is 0 Å². The molecule has 3 heteroatoms. The van der Waals surface area contributed by atoms with Gasteiger partial charge >= 0.3 is 5.97 Å². The standard InChI is InChI=1S/C11H23NO2/c1-4-7-10(8-5-2)12-9-11(13)14-6-3/h10,12H,4-9H2,1-3H3. The maximum atomic E-state index is 11.1. The van der Waals surface area contributed by atoms with Crippen LogP contribution in [0.1, 0.15) is 46.5 Å². The third-order valence-corrected chi connectivity index (χ3v) is 2.11. The van der Waals surface area contributed by atoms with E-state index in [1.54, 1.807) is 0 Å². The minimum absolute atomic E-state index is 0.148. The lowest BCUT2D eigenvalue weighted by atomic mass is 10.1. The van der Waals surface area contributed by atoms with Gasteiger partial charge in [-0.1, -0.05) is 26.7 Å². The van der Waals surface area contributed by atoms with Crippen LogP contribution in [0.2, 0.25) is 0 Å². The molecule has 0 aromatic carbocycles. The average molecular weight is 201 g/mol. The number of rotatable bonds is 8. The van der Waals surface area contributed by atoms with Gasteiger partial charge in [-0.25, -0.2) is 0 Å². The topological polar surface area (TPSA) is 38.3 Å². The van der Waals surface area contributed by atoms with Gasteiger partial charge < -0.3 is 10.1 Å². The Morgan fingerprint density at radius 1 is 1.21 bits per heavy atom. The van der Waals surface area contributed by atoms with Crippen molar-refractivity contribution < 1.29 is 9.53 Å². The third-order valence-electron chi connectivity index (χ3n) is 2.11. The van der Waals surface area contributed by atoms with E-state index in [1.165, 1.54) is 0 Å². The first-order chi connectivity index (χ1) is 6.74. The lowest BCUT2D eigenvalue weighted by Gasteiger charge is -2.16. The molecule has 14 heavy (non-hydrogen) atoms. The van der Waals surface area contributed by atoms with Crippen LogP contribution < -0.4 is 5.32 Å². The SMILES string of the molecule is CCCC(CCC)NCC(=O)OCC. The van der Waals surface area contributed by atoms with Crippen LogP contribution in [0.3, 0.4) is 0 Å². The van der Waals surface area contributed by atoms with Crippen LogP contribution in [-0.2, 0) is 9.53 Å². The van der Waals surface area contributed by atoms with E-state index in [4.69, 9.17) is 4.74 Å². The van der Waals surface area contributed by atoms with E-state index in [1.807, 2.05) is 6.92 Å². The quantitative estimate of drug-likeness (QED) is 0.611. The fourth-order valence-electron chi connectivity index (χ4n) is 1.49. The molecule has 0 spiro atoms. The van der Waals surface area contributed by atoms with E-state index in [0.717, 1.165) is 25.7 Å². The number of carbonyl (C=O) groups excluding carboxylic acids is 1. The van der Waals surface area contributed by atoms with E-state index in [9.17, 15) is 4.79 Å². The Kier molecular flexibility index (Phi) is 8.64. The van der Waals surface area contributed by atoms with Crippen molar-refractivity contribution in [2.24, 2.45) is 0 Å². The smallest absolute Gasteiger partial charge is 0.319 e. The molecule has 3 nitrogen and oxygen atoms in total. The Bertz CT molecular complexity index is 142. The van der Waals surface area contributed by atoms with E-state index < -0.39 is 0 Å². The van der Waals surface area contributed by atoms with Crippen LogP contribution >= 0.6 is 0 Å². The number of hydrogen-bond donors (Lipinski definition) is 1. The highest BCUT2D eigenvalue weighted by Crippen LogP contribution is 2.03. The summed E-state index contributed by atoms with van der Waals surface area (Å²) in [5.74, 6) is -0.148. The summed E-state index contributed by atoms with van der Waals surface area (Å²) in [4.78, 5) is 11.1. The zero-order valence-electron chi connectivity index (χ0n) is 9.64. The van der Waals surface area contributed by atoms with Gasteiger partial charge in [-0.3, -0.25) is 4.79 Å². The zero-order chi connectivity index (χ0) is 10.8. The number of hydrogen-bond acceptors (Lipinski definition) is 3. The Morgan fingerprint density at radius 2 is 1.79 bits per heavy atom. The molecular weight excluding hydrogens is 178 g/mol. The molecule has 0 atom stereocenters. The second-order valence-electron chi connectivity index (χ2n) is 3.46. The van der Waals surface area contributed by atoms with Crippen molar-refractivity contribution in [3.8, 4) is 0 Å². The van der Waals surface area contributed by atoms with Gasteiger partial charge in [0, 0.05) is 6.04 Å². The van der Waals surface area contributed by atoms with Gasteiger partial charge in [0.15, 0.2) is 0 Å². The maximum Gasteiger partial charge on any atom is 0.319 e. The molecule has 0 unspecified atom stereocenters. The summed E-state index contributed by atoms with van der Waals surface area (Å²) >= 11 is 0. The van der Waals surface area contributed by atoms with Crippen LogP contribution in [0.5, 0.6) is 0 Å². The molecular formula is C11H23NO2. The summed E-state index contributed by atoms with van der Waals surface area (Å²) in [6.07, 6.45) is 4.57. The number of nitrogens with one attached hydrogen (secondary N) is 1. The highest BCUT2D eigenvalue weighted by atomic mass is 16.5. The van der Waals surface area contributed by atoms with Crippen molar-refractivity contribution in [3.05, 3.63) is 0 Å². The third kappa shape index (κ3) is 6.89. The highest BCUT2D eigenvalue weighted by molar-refractivity contribution is 5.71. The molecule has 0 aliphatic rings. The molecule has 0 aliphatic heterocycles. The summed E-state index contributed by atoms with van der Waals surface area (Å²) in [6.45, 7) is 6.96. The van der Waals surface area contributed by atoms with Crippen LogP contribution in [0.15, 0.2) is 0 Å². The van der Waals surface area contributed by atoms with Crippen molar-refractivity contribution in [2.75, 3.05) is 13.2 Å². The van der Waals surface area contributed by atoms with Crippen LogP contribution in [0.25, 0.3) is 0 Å². The monoisotopic (exact) mass is 201 g/mol. The van der Waals surface area contributed by atoms with Gasteiger partial charge in [-0.05, 0) is 19.8 Å². The normalized spacial score (nSPS) is 10.6. The Hall–Kier alpha value is -0.570. The van der Waals surface area contributed by atoms with Crippen molar-refractivity contribution in [1.82, 2.24) is 5.32 Å². The van der Waals surface area contributed by atoms with Gasteiger partial charge in [0.25, 0.3) is 0 Å². The lowest BCUT2D eigenvalue weighted by molar-refractivity contribution is -0.142. The summed E-state index contributed by atoms with van der Waals surface area (Å²) < 4.78 is 4.85. The number of ether oxygens (including phenoxy) is 1. The molecule has 0 heterocycles. The first-order valence-corrected chi connectivity index (χ1v) is 5.63. The van der Waals surface area contributed by atoms with Crippen molar-refractivity contribution >= 4 is 5.97 Å². The molecule has 0 aromatic rings. The molecule has 0 bridgehead atoms. The summed E-state index contributed by atoms with van der Waals surface area (Å²) in [5.41, 5.74) is 0. The molecule has 0 saturated heterocycles. The Morgan fingerprint density at radius 3 is 2.21 bits per heavy atom. The fourth-order valence-corrected chi connectivity index (χ4v) is 1.49.